The minimum Gasteiger partial charge on any atom is -0.318 e. The summed E-state index contributed by atoms with van der Waals surface area (Å²) in [6.45, 7) is 8.00. The van der Waals surface area contributed by atoms with Crippen LogP contribution in [0.1, 0.15) is 35.1 Å². The van der Waals surface area contributed by atoms with Crippen LogP contribution in [0.2, 0.25) is 0 Å². The first-order chi connectivity index (χ1) is 10.8. The van der Waals surface area contributed by atoms with Gasteiger partial charge < -0.3 is 10.6 Å². The zero-order valence-electron chi connectivity index (χ0n) is 13.6. The molecule has 0 radical (unpaired) electrons. The Balaban J connectivity index is 0. The molecule has 0 saturated heterocycles. The van der Waals surface area contributed by atoms with Crippen LogP contribution in [0.3, 0.4) is 0 Å². The number of hydrogen-bond acceptors (Lipinski definition) is 2. The average Bonchev–Trinajstić information content (AvgIpc) is 2.60. The molecule has 0 saturated carbocycles. The number of hydrogen-bond donors (Lipinski definition) is 2. The van der Waals surface area contributed by atoms with Gasteiger partial charge in [0.05, 0.1) is 0 Å². The van der Waals surface area contributed by atoms with E-state index in [2.05, 4.69) is 10.6 Å². The molecular weight excluding hydrogens is 288 g/mol. The Labute approximate surface area is 139 Å². The molecule has 2 aromatic carbocycles. The Morgan fingerprint density at radius 1 is 0.609 bits per heavy atom. The Morgan fingerprint density at radius 3 is 1.13 bits per heavy atom. The minimum absolute atomic E-state index is 0. The Hall–Kier alpha value is -2.62. The fraction of sp³-hybridized carbons (Fsp3) is 0.263. The molecule has 2 N–H and O–H groups in total. The van der Waals surface area contributed by atoms with Gasteiger partial charge in [-0.05, 0) is 24.3 Å². The Bertz CT molecular complexity index is 488. The van der Waals surface area contributed by atoms with Crippen molar-refractivity contribution in [2.24, 2.45) is 0 Å². The van der Waals surface area contributed by atoms with E-state index in [4.69, 9.17) is 0 Å². The number of benzene rings is 2. The molecule has 0 bridgehead atoms. The summed E-state index contributed by atoms with van der Waals surface area (Å²) in [5.74, 6) is -1.38. The lowest BCUT2D eigenvalue weighted by Crippen LogP contribution is -2.28. The maximum atomic E-state index is 11.6. The number of nitrogens with one attached hydrogen (secondary N) is 2. The maximum Gasteiger partial charge on any atom is 0.314 e. The normalized spacial score (nSPS) is 8.00. The summed E-state index contributed by atoms with van der Waals surface area (Å²) in [4.78, 5) is 23.2. The third-order valence-corrected chi connectivity index (χ3v) is 2.27. The first kappa shape index (κ1) is 22.7. The Kier molecular flexibility index (Phi) is 14.1. The molecule has 0 aliphatic heterocycles. The van der Waals surface area contributed by atoms with E-state index >= 15 is 0 Å². The SMILES string of the molecule is C.CC.CC.O=C(Nc1ccccc1)C(=O)Nc1ccccc1. The molecule has 4 nitrogen and oxygen atoms in total. The van der Waals surface area contributed by atoms with Crippen LogP contribution in [0.15, 0.2) is 60.7 Å². The summed E-state index contributed by atoms with van der Waals surface area (Å²) in [5, 5.41) is 5.02. The van der Waals surface area contributed by atoms with E-state index in [0.717, 1.165) is 0 Å². The lowest BCUT2D eigenvalue weighted by molar-refractivity contribution is -0.132. The summed E-state index contributed by atoms with van der Waals surface area (Å²) in [6.07, 6.45) is 0. The van der Waals surface area contributed by atoms with E-state index in [9.17, 15) is 9.59 Å². The molecule has 0 aliphatic rings. The van der Waals surface area contributed by atoms with Crippen LogP contribution in [0.5, 0.6) is 0 Å². The molecule has 0 atom stereocenters. The van der Waals surface area contributed by atoms with Gasteiger partial charge in [0.25, 0.3) is 0 Å². The third-order valence-electron chi connectivity index (χ3n) is 2.27. The number of para-hydroxylation sites is 2. The van der Waals surface area contributed by atoms with E-state index in [0.29, 0.717) is 11.4 Å². The largest absolute Gasteiger partial charge is 0.318 e. The molecule has 0 fully saturated rings. The number of carbonyl (C=O) groups excluding carboxylic acids is 2. The summed E-state index contributed by atoms with van der Waals surface area (Å²) in [6, 6.07) is 17.7. The van der Waals surface area contributed by atoms with Crippen molar-refractivity contribution in [3.8, 4) is 0 Å². The highest BCUT2D eigenvalue weighted by Gasteiger charge is 2.13. The van der Waals surface area contributed by atoms with Gasteiger partial charge in [0, 0.05) is 11.4 Å². The predicted octanol–water partition coefficient (Wildman–Crippen LogP) is 4.95. The van der Waals surface area contributed by atoms with Gasteiger partial charge >= 0.3 is 11.8 Å². The van der Waals surface area contributed by atoms with Crippen molar-refractivity contribution < 1.29 is 9.59 Å². The highest BCUT2D eigenvalue weighted by atomic mass is 16.2. The lowest BCUT2D eigenvalue weighted by Gasteiger charge is -2.05. The molecule has 0 unspecified atom stereocenters. The quantitative estimate of drug-likeness (QED) is 0.770. The van der Waals surface area contributed by atoms with Gasteiger partial charge in [-0.3, -0.25) is 9.59 Å². The van der Waals surface area contributed by atoms with Gasteiger partial charge in [-0.2, -0.15) is 0 Å². The van der Waals surface area contributed by atoms with Gasteiger partial charge in [0.15, 0.2) is 0 Å². The minimum atomic E-state index is -0.690. The van der Waals surface area contributed by atoms with Crippen LogP contribution < -0.4 is 10.6 Å². The zero-order chi connectivity index (χ0) is 16.8. The van der Waals surface area contributed by atoms with Crippen LogP contribution >= 0.6 is 0 Å². The standard InChI is InChI=1S/C14H12N2O2.2C2H6.CH4/c17-13(15-11-7-3-1-4-8-11)14(18)16-12-9-5-2-6-10-12;2*1-2;/h1-10H,(H,15,17)(H,16,18);2*1-2H3;1H4. The predicted molar refractivity (Wildman–Crippen MR) is 99.6 cm³/mol. The lowest BCUT2D eigenvalue weighted by atomic mass is 10.3. The smallest absolute Gasteiger partial charge is 0.314 e. The van der Waals surface area contributed by atoms with Crippen molar-refractivity contribution in [1.82, 2.24) is 0 Å². The summed E-state index contributed by atoms with van der Waals surface area (Å²) >= 11 is 0. The van der Waals surface area contributed by atoms with E-state index in [1.165, 1.54) is 0 Å². The zero-order valence-corrected chi connectivity index (χ0v) is 13.6. The molecule has 126 valence electrons. The number of amides is 2. The molecule has 4 heteroatoms. The molecule has 2 amide bonds. The summed E-state index contributed by atoms with van der Waals surface area (Å²) in [7, 11) is 0. The first-order valence-electron chi connectivity index (χ1n) is 7.48. The monoisotopic (exact) mass is 316 g/mol. The van der Waals surface area contributed by atoms with Crippen molar-refractivity contribution in [3.05, 3.63) is 60.7 Å². The molecular formula is C19H28N2O2. The third kappa shape index (κ3) is 9.09. The van der Waals surface area contributed by atoms with E-state index in [1.807, 2.05) is 39.8 Å². The second-order valence-corrected chi connectivity index (χ2v) is 3.64. The molecule has 0 heterocycles. The van der Waals surface area contributed by atoms with Gasteiger partial charge in [0.1, 0.15) is 0 Å². The number of rotatable bonds is 2. The number of anilines is 2. The van der Waals surface area contributed by atoms with Gasteiger partial charge in [0.2, 0.25) is 0 Å². The highest BCUT2D eigenvalue weighted by Crippen LogP contribution is 2.07. The van der Waals surface area contributed by atoms with Gasteiger partial charge in [-0.25, -0.2) is 0 Å². The Morgan fingerprint density at radius 2 is 0.870 bits per heavy atom. The first-order valence-corrected chi connectivity index (χ1v) is 7.48. The second-order valence-electron chi connectivity index (χ2n) is 3.64. The van der Waals surface area contributed by atoms with Crippen LogP contribution in [0.25, 0.3) is 0 Å². The fourth-order valence-corrected chi connectivity index (χ4v) is 1.42. The van der Waals surface area contributed by atoms with Crippen LogP contribution in [-0.4, -0.2) is 11.8 Å². The van der Waals surface area contributed by atoms with Gasteiger partial charge in [-0.15, -0.1) is 0 Å². The van der Waals surface area contributed by atoms with Crippen molar-refractivity contribution in [2.75, 3.05) is 10.6 Å². The summed E-state index contributed by atoms with van der Waals surface area (Å²) < 4.78 is 0. The number of carbonyl (C=O) groups is 2. The molecule has 0 aromatic heterocycles. The van der Waals surface area contributed by atoms with Crippen LogP contribution in [-0.2, 0) is 9.59 Å². The molecule has 23 heavy (non-hydrogen) atoms. The van der Waals surface area contributed by atoms with Crippen LogP contribution in [0.4, 0.5) is 11.4 Å². The molecule has 2 aromatic rings. The maximum absolute atomic E-state index is 11.6. The fourth-order valence-electron chi connectivity index (χ4n) is 1.42. The van der Waals surface area contributed by atoms with E-state index < -0.39 is 11.8 Å². The van der Waals surface area contributed by atoms with Crippen molar-refractivity contribution >= 4 is 23.2 Å². The van der Waals surface area contributed by atoms with E-state index in [1.54, 1.807) is 48.5 Å². The highest BCUT2D eigenvalue weighted by molar-refractivity contribution is 6.43. The summed E-state index contributed by atoms with van der Waals surface area (Å²) in [5.41, 5.74) is 1.18. The molecule has 0 aliphatic carbocycles. The van der Waals surface area contributed by atoms with Crippen LogP contribution in [0, 0.1) is 0 Å². The van der Waals surface area contributed by atoms with Crippen molar-refractivity contribution in [2.45, 2.75) is 35.1 Å². The molecule has 0 spiro atoms. The van der Waals surface area contributed by atoms with Crippen molar-refractivity contribution in [3.63, 3.8) is 0 Å². The van der Waals surface area contributed by atoms with E-state index in [-0.39, 0.29) is 7.43 Å². The molecule has 2 rings (SSSR count). The second kappa shape index (κ2) is 14.3. The van der Waals surface area contributed by atoms with Gasteiger partial charge in [-0.1, -0.05) is 71.5 Å². The topological polar surface area (TPSA) is 58.2 Å². The average molecular weight is 316 g/mol. The van der Waals surface area contributed by atoms with Crippen molar-refractivity contribution in [1.29, 1.82) is 0 Å².